The van der Waals surface area contributed by atoms with Crippen LogP contribution in [0.4, 0.5) is 5.69 Å². The molecule has 0 saturated carbocycles. The molecule has 0 aliphatic rings. The van der Waals surface area contributed by atoms with Gasteiger partial charge in [0.2, 0.25) is 5.91 Å². The Hall–Kier alpha value is -2.62. The van der Waals surface area contributed by atoms with Crippen molar-refractivity contribution in [1.29, 1.82) is 0 Å². The van der Waals surface area contributed by atoms with E-state index in [2.05, 4.69) is 29.7 Å². The summed E-state index contributed by atoms with van der Waals surface area (Å²) >= 11 is 6.19. The van der Waals surface area contributed by atoms with Gasteiger partial charge in [-0.15, -0.1) is 0 Å². The summed E-state index contributed by atoms with van der Waals surface area (Å²) in [5.74, 6) is -0.121. The number of rotatable bonds is 6. The third-order valence-corrected chi connectivity index (χ3v) is 4.96. The third-order valence-electron chi connectivity index (χ3n) is 4.55. The van der Waals surface area contributed by atoms with Crippen molar-refractivity contribution < 1.29 is 4.79 Å². The number of anilines is 1. The zero-order valence-electron chi connectivity index (χ0n) is 15.4. The van der Waals surface area contributed by atoms with Crippen LogP contribution in [-0.4, -0.2) is 5.91 Å². The molecule has 0 bridgehead atoms. The van der Waals surface area contributed by atoms with E-state index in [-0.39, 0.29) is 11.9 Å². The molecule has 3 aromatic carbocycles. The molecule has 3 aromatic rings. The second-order valence-electron chi connectivity index (χ2n) is 6.60. The number of carbonyl (C=O) groups is 1. The second-order valence-corrected chi connectivity index (χ2v) is 7.00. The summed E-state index contributed by atoms with van der Waals surface area (Å²) < 4.78 is 0. The average Bonchev–Trinajstić information content (AvgIpc) is 2.70. The molecule has 0 saturated heterocycles. The number of nitrogens with one attached hydrogen (secondary N) is 2. The zero-order chi connectivity index (χ0) is 19.2. The number of aryl methyl sites for hydroxylation is 1. The monoisotopic (exact) mass is 378 g/mol. The molecule has 27 heavy (non-hydrogen) atoms. The molecule has 0 radical (unpaired) electrons. The Bertz CT molecular complexity index is 897. The van der Waals surface area contributed by atoms with Gasteiger partial charge in [-0.2, -0.15) is 0 Å². The maximum Gasteiger partial charge on any atom is 0.246 e. The highest BCUT2D eigenvalue weighted by Crippen LogP contribution is 2.24. The van der Waals surface area contributed by atoms with Crippen LogP contribution in [-0.2, 0) is 4.79 Å². The minimum atomic E-state index is -0.485. The van der Waals surface area contributed by atoms with Crippen LogP contribution in [0.2, 0.25) is 5.02 Å². The molecule has 3 rings (SSSR count). The summed E-state index contributed by atoms with van der Waals surface area (Å²) in [5.41, 5.74) is 3.70. The van der Waals surface area contributed by atoms with Crippen molar-refractivity contribution in [3.05, 3.63) is 101 Å². The van der Waals surface area contributed by atoms with Crippen molar-refractivity contribution >= 4 is 23.2 Å². The van der Waals surface area contributed by atoms with Crippen molar-refractivity contribution in [3.8, 4) is 0 Å². The summed E-state index contributed by atoms with van der Waals surface area (Å²) in [6.07, 6.45) is 0. The Morgan fingerprint density at radius 1 is 0.889 bits per heavy atom. The first-order valence-corrected chi connectivity index (χ1v) is 9.35. The normalized spacial score (nSPS) is 13.0. The van der Waals surface area contributed by atoms with Crippen LogP contribution in [0.1, 0.15) is 35.7 Å². The molecular formula is C23H23ClN2O. The van der Waals surface area contributed by atoms with E-state index in [9.17, 15) is 4.79 Å². The van der Waals surface area contributed by atoms with E-state index in [0.29, 0.717) is 10.7 Å². The largest absolute Gasteiger partial charge is 0.324 e. The molecule has 0 unspecified atom stereocenters. The summed E-state index contributed by atoms with van der Waals surface area (Å²) in [7, 11) is 0. The van der Waals surface area contributed by atoms with Gasteiger partial charge in [0.05, 0.1) is 0 Å². The molecule has 2 N–H and O–H groups in total. The molecule has 0 heterocycles. The van der Waals surface area contributed by atoms with E-state index >= 15 is 0 Å². The van der Waals surface area contributed by atoms with Crippen LogP contribution in [0.25, 0.3) is 0 Å². The minimum Gasteiger partial charge on any atom is -0.324 e. The lowest BCUT2D eigenvalue weighted by molar-refractivity contribution is -0.118. The van der Waals surface area contributed by atoms with Crippen LogP contribution in [0.5, 0.6) is 0 Å². The third kappa shape index (κ3) is 4.97. The van der Waals surface area contributed by atoms with Gasteiger partial charge in [-0.05, 0) is 42.7 Å². The highest BCUT2D eigenvalue weighted by atomic mass is 35.5. The Balaban J connectivity index is 1.83. The summed E-state index contributed by atoms with van der Waals surface area (Å²) in [6.45, 7) is 3.99. The summed E-state index contributed by atoms with van der Waals surface area (Å²) in [6, 6.07) is 24.9. The molecule has 3 nitrogen and oxygen atoms in total. The van der Waals surface area contributed by atoms with E-state index in [1.807, 2.05) is 67.6 Å². The molecule has 2 atom stereocenters. The first kappa shape index (κ1) is 19.2. The number of carbonyl (C=O) groups excluding carboxylic acids is 1. The van der Waals surface area contributed by atoms with Crippen molar-refractivity contribution in [1.82, 2.24) is 5.32 Å². The van der Waals surface area contributed by atoms with Crippen molar-refractivity contribution in [3.63, 3.8) is 0 Å². The van der Waals surface area contributed by atoms with E-state index < -0.39 is 6.04 Å². The molecule has 1 amide bonds. The van der Waals surface area contributed by atoms with Gasteiger partial charge in [-0.3, -0.25) is 10.1 Å². The van der Waals surface area contributed by atoms with E-state index in [1.165, 1.54) is 0 Å². The number of hydrogen-bond acceptors (Lipinski definition) is 2. The molecule has 0 aliphatic heterocycles. The second kappa shape index (κ2) is 8.85. The smallest absolute Gasteiger partial charge is 0.246 e. The van der Waals surface area contributed by atoms with Crippen LogP contribution in [0.3, 0.4) is 0 Å². The zero-order valence-corrected chi connectivity index (χ0v) is 16.2. The molecule has 138 valence electrons. The van der Waals surface area contributed by atoms with Gasteiger partial charge in [0.15, 0.2) is 0 Å². The molecule has 0 fully saturated rings. The standard InChI is InChI=1S/C23H23ClN2O/c1-16-13-14-20(15-21(16)24)26-23(27)22(19-11-7-4-8-12-19)25-17(2)18-9-5-3-6-10-18/h3-15,17,22,25H,1-2H3,(H,26,27)/t17-,22-/m1/s1. The van der Waals surface area contributed by atoms with Crippen molar-refractivity contribution in [2.45, 2.75) is 25.9 Å². The number of hydrogen-bond donors (Lipinski definition) is 2. The fourth-order valence-electron chi connectivity index (χ4n) is 2.94. The first-order valence-electron chi connectivity index (χ1n) is 8.97. The SMILES string of the molecule is Cc1ccc(NC(=O)[C@H](N[C@H](C)c2ccccc2)c2ccccc2)cc1Cl. The fraction of sp³-hybridized carbons (Fsp3) is 0.174. The minimum absolute atomic E-state index is 0.0174. The highest BCUT2D eigenvalue weighted by molar-refractivity contribution is 6.31. The lowest BCUT2D eigenvalue weighted by Crippen LogP contribution is -2.34. The maximum absolute atomic E-state index is 13.1. The van der Waals surface area contributed by atoms with Crippen LogP contribution in [0, 0.1) is 6.92 Å². The number of benzene rings is 3. The Kier molecular flexibility index (Phi) is 6.28. The van der Waals surface area contributed by atoms with Gasteiger partial charge < -0.3 is 5.32 Å². The van der Waals surface area contributed by atoms with Crippen LogP contribution in [0.15, 0.2) is 78.9 Å². The predicted octanol–water partition coefficient (Wildman–Crippen LogP) is 5.68. The Morgan fingerprint density at radius 2 is 1.48 bits per heavy atom. The Morgan fingerprint density at radius 3 is 2.07 bits per heavy atom. The lowest BCUT2D eigenvalue weighted by Gasteiger charge is -2.24. The summed E-state index contributed by atoms with van der Waals surface area (Å²) in [4.78, 5) is 13.1. The summed E-state index contributed by atoms with van der Waals surface area (Å²) in [5, 5.41) is 7.06. The van der Waals surface area contributed by atoms with Gasteiger partial charge >= 0.3 is 0 Å². The van der Waals surface area contributed by atoms with Crippen molar-refractivity contribution in [2.24, 2.45) is 0 Å². The molecule has 4 heteroatoms. The first-order chi connectivity index (χ1) is 13.0. The molecule has 0 aliphatic carbocycles. The Labute approximate surface area is 165 Å². The maximum atomic E-state index is 13.1. The molecule has 0 spiro atoms. The van der Waals surface area contributed by atoms with Gasteiger partial charge in [0.1, 0.15) is 6.04 Å². The lowest BCUT2D eigenvalue weighted by atomic mass is 10.0. The van der Waals surface area contributed by atoms with Gasteiger partial charge in [0, 0.05) is 16.8 Å². The van der Waals surface area contributed by atoms with E-state index in [1.54, 1.807) is 6.07 Å². The van der Waals surface area contributed by atoms with E-state index in [4.69, 9.17) is 11.6 Å². The molecular weight excluding hydrogens is 356 g/mol. The van der Waals surface area contributed by atoms with Gasteiger partial charge in [-0.1, -0.05) is 78.3 Å². The van der Waals surface area contributed by atoms with Crippen LogP contribution < -0.4 is 10.6 Å². The van der Waals surface area contributed by atoms with Crippen molar-refractivity contribution in [2.75, 3.05) is 5.32 Å². The molecule has 0 aromatic heterocycles. The van der Waals surface area contributed by atoms with Gasteiger partial charge in [0.25, 0.3) is 0 Å². The average molecular weight is 379 g/mol. The van der Waals surface area contributed by atoms with E-state index in [0.717, 1.165) is 16.7 Å². The quantitative estimate of drug-likeness (QED) is 0.579. The fourth-order valence-corrected chi connectivity index (χ4v) is 3.12. The highest BCUT2D eigenvalue weighted by Gasteiger charge is 2.23. The topological polar surface area (TPSA) is 41.1 Å². The number of halogens is 1. The predicted molar refractivity (Wildman–Crippen MR) is 112 cm³/mol. The number of amides is 1. The van der Waals surface area contributed by atoms with Crippen LogP contribution >= 0.6 is 11.6 Å². The van der Waals surface area contributed by atoms with Gasteiger partial charge in [-0.25, -0.2) is 0 Å².